The highest BCUT2D eigenvalue weighted by Gasteiger charge is 2.56. The van der Waals surface area contributed by atoms with Crippen LogP contribution in [-0.4, -0.2) is 60.1 Å². The number of likely N-dealkylation sites (tertiary alicyclic amines) is 1. The Bertz CT molecular complexity index is 696. The number of piperidine rings is 3. The highest BCUT2D eigenvalue weighted by molar-refractivity contribution is 5.85. The van der Waals surface area contributed by atoms with Crippen LogP contribution in [0.5, 0.6) is 0 Å². The van der Waals surface area contributed by atoms with E-state index in [9.17, 15) is 13.6 Å². The van der Waals surface area contributed by atoms with Gasteiger partial charge in [-0.2, -0.15) is 0 Å². The molecule has 1 aromatic carbocycles. The molecule has 4 nitrogen and oxygen atoms in total. The predicted octanol–water partition coefficient (Wildman–Crippen LogP) is 2.78. The van der Waals surface area contributed by atoms with Crippen LogP contribution in [0, 0.1) is 17.6 Å². The highest BCUT2D eigenvalue weighted by Crippen LogP contribution is 2.47. The van der Waals surface area contributed by atoms with Crippen LogP contribution >= 0.6 is 0 Å². The van der Waals surface area contributed by atoms with Crippen molar-refractivity contribution in [2.45, 2.75) is 50.3 Å². The smallest absolute Gasteiger partial charge is 0.254 e. The van der Waals surface area contributed by atoms with Gasteiger partial charge >= 0.3 is 0 Å². The number of rotatable bonds is 3. The number of nitrogens with zero attached hydrogens (tertiary/aromatic N) is 2. The minimum absolute atomic E-state index is 0.0388. The van der Waals surface area contributed by atoms with Crippen molar-refractivity contribution in [2.24, 2.45) is 5.92 Å². The van der Waals surface area contributed by atoms with E-state index in [4.69, 9.17) is 4.74 Å². The van der Waals surface area contributed by atoms with Gasteiger partial charge in [0, 0.05) is 31.7 Å². The molecule has 0 N–H and O–H groups in total. The summed E-state index contributed by atoms with van der Waals surface area (Å²) >= 11 is 0. The maximum atomic E-state index is 13.8. The van der Waals surface area contributed by atoms with E-state index >= 15 is 0 Å². The van der Waals surface area contributed by atoms with Gasteiger partial charge in [0.2, 0.25) is 0 Å². The van der Waals surface area contributed by atoms with Gasteiger partial charge in [-0.3, -0.25) is 9.69 Å². The summed E-state index contributed by atoms with van der Waals surface area (Å²) in [6.07, 6.45) is 2.14. The van der Waals surface area contributed by atoms with E-state index in [1.807, 2.05) is 4.90 Å². The summed E-state index contributed by atoms with van der Waals surface area (Å²) in [5, 5.41) is 0. The zero-order chi connectivity index (χ0) is 18.6. The SMILES string of the molecule is COC(C)(C)C(=O)N1C[C@H](c2cc(F)cc(F)c2)[C@@H]2[C@H]1C1CCN2CC1. The zero-order valence-electron chi connectivity index (χ0n) is 15.5. The Balaban J connectivity index is 1.73. The molecular weight excluding hydrogens is 338 g/mol. The van der Waals surface area contributed by atoms with E-state index in [1.165, 1.54) is 12.1 Å². The topological polar surface area (TPSA) is 32.8 Å². The largest absolute Gasteiger partial charge is 0.369 e. The molecule has 0 saturated carbocycles. The first-order valence-corrected chi connectivity index (χ1v) is 9.38. The lowest BCUT2D eigenvalue weighted by molar-refractivity contribution is -0.155. The number of carbonyl (C=O) groups is 1. The van der Waals surface area contributed by atoms with Gasteiger partial charge in [0.15, 0.2) is 0 Å². The molecule has 3 atom stereocenters. The second kappa shape index (κ2) is 6.27. The van der Waals surface area contributed by atoms with Crippen LogP contribution in [0.4, 0.5) is 8.78 Å². The maximum absolute atomic E-state index is 13.8. The number of ether oxygens (including phenoxy) is 1. The second-order valence-electron chi connectivity index (χ2n) is 8.34. The molecule has 26 heavy (non-hydrogen) atoms. The van der Waals surface area contributed by atoms with Crippen molar-refractivity contribution < 1.29 is 18.3 Å². The Labute approximate surface area is 153 Å². The van der Waals surface area contributed by atoms with Crippen molar-refractivity contribution in [3.05, 3.63) is 35.4 Å². The standard InChI is InChI=1S/C20H26F2N2O2/c1-20(2,26-3)19(25)24-11-16(13-8-14(21)10-15(22)9-13)18-17(24)12-4-6-23(18)7-5-12/h8-10,12,16-18H,4-7,11H2,1-3H3/t16-,17-,18-/m1/s1. The van der Waals surface area contributed by atoms with Crippen LogP contribution in [0.2, 0.25) is 0 Å². The van der Waals surface area contributed by atoms with Gasteiger partial charge < -0.3 is 9.64 Å². The van der Waals surface area contributed by atoms with Crippen molar-refractivity contribution in [3.63, 3.8) is 0 Å². The van der Waals surface area contributed by atoms with Gasteiger partial charge in [-0.05, 0) is 63.4 Å². The van der Waals surface area contributed by atoms with Gasteiger partial charge in [0.05, 0.1) is 6.04 Å². The van der Waals surface area contributed by atoms with Gasteiger partial charge in [-0.15, -0.1) is 0 Å². The third-order valence-electron chi connectivity index (χ3n) is 6.59. The lowest BCUT2D eigenvalue weighted by Crippen LogP contribution is -2.62. The van der Waals surface area contributed by atoms with E-state index in [0.29, 0.717) is 18.0 Å². The minimum atomic E-state index is -0.904. The fourth-order valence-corrected chi connectivity index (χ4v) is 5.17. The third kappa shape index (κ3) is 2.74. The third-order valence-corrected chi connectivity index (χ3v) is 6.59. The van der Waals surface area contributed by atoms with E-state index in [2.05, 4.69) is 4.90 Å². The van der Waals surface area contributed by atoms with Crippen LogP contribution in [0.15, 0.2) is 18.2 Å². The molecule has 5 rings (SSSR count). The van der Waals surface area contributed by atoms with E-state index in [1.54, 1.807) is 21.0 Å². The molecule has 2 bridgehead atoms. The molecule has 6 heteroatoms. The number of fused-ring (bicyclic) bond motifs is 2. The quantitative estimate of drug-likeness (QED) is 0.827. The summed E-state index contributed by atoms with van der Waals surface area (Å²) < 4.78 is 33.1. The first-order chi connectivity index (χ1) is 12.3. The molecule has 0 aliphatic carbocycles. The molecule has 1 aromatic rings. The number of amides is 1. The number of carbonyl (C=O) groups excluding carboxylic acids is 1. The zero-order valence-corrected chi connectivity index (χ0v) is 15.5. The number of halogens is 2. The highest BCUT2D eigenvalue weighted by atomic mass is 19.1. The molecular formula is C20H26F2N2O2. The second-order valence-corrected chi connectivity index (χ2v) is 8.34. The Hall–Kier alpha value is -1.53. The van der Waals surface area contributed by atoms with E-state index in [-0.39, 0.29) is 23.9 Å². The van der Waals surface area contributed by atoms with Crippen LogP contribution < -0.4 is 0 Å². The van der Waals surface area contributed by atoms with Gasteiger partial charge in [0.1, 0.15) is 17.2 Å². The van der Waals surface area contributed by atoms with E-state index in [0.717, 1.165) is 32.0 Å². The number of methoxy groups -OCH3 is 1. The molecule has 4 aliphatic heterocycles. The Morgan fingerprint density at radius 2 is 1.73 bits per heavy atom. The Morgan fingerprint density at radius 1 is 1.12 bits per heavy atom. The monoisotopic (exact) mass is 364 g/mol. The summed E-state index contributed by atoms with van der Waals surface area (Å²) in [7, 11) is 1.54. The van der Waals surface area contributed by atoms with Crippen LogP contribution in [0.1, 0.15) is 38.2 Å². The maximum Gasteiger partial charge on any atom is 0.254 e. The summed E-state index contributed by atoms with van der Waals surface area (Å²) in [5.41, 5.74) is -0.255. The summed E-state index contributed by atoms with van der Waals surface area (Å²) in [4.78, 5) is 17.5. The molecule has 0 unspecified atom stereocenters. The molecule has 1 amide bonds. The lowest BCUT2D eigenvalue weighted by Gasteiger charge is -2.51. The van der Waals surface area contributed by atoms with Crippen molar-refractivity contribution in [3.8, 4) is 0 Å². The van der Waals surface area contributed by atoms with Crippen molar-refractivity contribution >= 4 is 5.91 Å². The predicted molar refractivity (Wildman–Crippen MR) is 93.8 cm³/mol. The molecule has 142 valence electrons. The molecule has 0 spiro atoms. The lowest BCUT2D eigenvalue weighted by atomic mass is 9.75. The van der Waals surface area contributed by atoms with Crippen molar-refractivity contribution in [2.75, 3.05) is 26.7 Å². The van der Waals surface area contributed by atoms with Crippen molar-refractivity contribution in [1.82, 2.24) is 9.80 Å². The summed E-state index contributed by atoms with van der Waals surface area (Å²) in [6.45, 7) is 6.03. The number of hydrogen-bond donors (Lipinski definition) is 0. The van der Waals surface area contributed by atoms with E-state index < -0.39 is 17.2 Å². The Morgan fingerprint density at radius 3 is 2.31 bits per heavy atom. The van der Waals surface area contributed by atoms with Gasteiger partial charge in [-0.25, -0.2) is 8.78 Å². The first-order valence-electron chi connectivity index (χ1n) is 9.38. The van der Waals surface area contributed by atoms with Gasteiger partial charge in [-0.1, -0.05) is 0 Å². The van der Waals surface area contributed by atoms with Crippen molar-refractivity contribution in [1.29, 1.82) is 0 Å². The van der Waals surface area contributed by atoms with Crippen LogP contribution in [0.3, 0.4) is 0 Å². The summed E-state index contributed by atoms with van der Waals surface area (Å²) in [6, 6.07) is 3.96. The minimum Gasteiger partial charge on any atom is -0.369 e. The summed E-state index contributed by atoms with van der Waals surface area (Å²) in [5.74, 6) is -0.790. The molecule has 4 fully saturated rings. The fourth-order valence-electron chi connectivity index (χ4n) is 5.17. The average Bonchev–Trinajstić information content (AvgIpc) is 3.04. The van der Waals surface area contributed by atoms with Crippen LogP contribution in [0.25, 0.3) is 0 Å². The Kier molecular flexibility index (Phi) is 4.31. The molecule has 4 saturated heterocycles. The first kappa shape index (κ1) is 17.9. The fraction of sp³-hybridized carbons (Fsp3) is 0.650. The average molecular weight is 364 g/mol. The molecule has 0 aromatic heterocycles. The number of hydrogen-bond acceptors (Lipinski definition) is 3. The normalized spacial score (nSPS) is 33.4. The van der Waals surface area contributed by atoms with Crippen LogP contribution in [-0.2, 0) is 9.53 Å². The number of benzene rings is 1. The molecule has 4 heterocycles. The molecule has 0 radical (unpaired) electrons. The molecule has 4 aliphatic rings. The van der Waals surface area contributed by atoms with Gasteiger partial charge in [0.25, 0.3) is 5.91 Å².